The van der Waals surface area contributed by atoms with Crippen molar-refractivity contribution in [3.63, 3.8) is 0 Å². The second-order valence-electron chi connectivity index (χ2n) is 6.80. The summed E-state index contributed by atoms with van der Waals surface area (Å²) in [5.41, 5.74) is 8.46. The summed E-state index contributed by atoms with van der Waals surface area (Å²) in [5, 5.41) is 1.28. The Morgan fingerprint density at radius 2 is 1.95 bits per heavy atom. The van der Waals surface area contributed by atoms with Crippen molar-refractivity contribution in [1.82, 2.24) is 0 Å². The molecular formula is C16H22N2OS. The Kier molecular flexibility index (Phi) is 2.85. The summed E-state index contributed by atoms with van der Waals surface area (Å²) in [6.07, 6.45) is 7.31. The maximum atomic E-state index is 12.4. The third kappa shape index (κ3) is 2.24. The Morgan fingerprint density at radius 3 is 2.50 bits per heavy atom. The van der Waals surface area contributed by atoms with Crippen molar-refractivity contribution in [3.8, 4) is 0 Å². The number of anilines is 2. The summed E-state index contributed by atoms with van der Waals surface area (Å²) in [6, 6.07) is 0. The summed E-state index contributed by atoms with van der Waals surface area (Å²) in [6.45, 7) is 1.12. The van der Waals surface area contributed by atoms with Crippen LogP contribution in [0.2, 0.25) is 0 Å². The molecule has 0 bridgehead atoms. The molecule has 3 saturated carbocycles. The van der Waals surface area contributed by atoms with Gasteiger partial charge in [-0.2, -0.15) is 0 Å². The number of ketones is 1. The SMILES string of the molecule is CN(CC1CC1)c1sc(C(=O)C2CC2)c(N)c1C1CC1. The zero-order valence-electron chi connectivity index (χ0n) is 12.0. The van der Waals surface area contributed by atoms with Gasteiger partial charge >= 0.3 is 0 Å². The second-order valence-corrected chi connectivity index (χ2v) is 7.80. The number of carbonyl (C=O) groups is 1. The van der Waals surface area contributed by atoms with Gasteiger partial charge < -0.3 is 10.6 Å². The first-order valence-corrected chi connectivity index (χ1v) is 8.64. The molecule has 0 unspecified atom stereocenters. The third-order valence-corrected chi connectivity index (χ3v) is 6.05. The number of nitrogens with zero attached hydrogens (tertiary/aromatic N) is 1. The van der Waals surface area contributed by atoms with E-state index in [1.807, 2.05) is 0 Å². The molecule has 20 heavy (non-hydrogen) atoms. The van der Waals surface area contributed by atoms with Gasteiger partial charge in [-0.25, -0.2) is 0 Å². The summed E-state index contributed by atoms with van der Waals surface area (Å²) < 4.78 is 0. The molecule has 0 spiro atoms. The van der Waals surface area contributed by atoms with E-state index in [-0.39, 0.29) is 5.92 Å². The van der Waals surface area contributed by atoms with Gasteiger partial charge in [-0.1, -0.05) is 0 Å². The average Bonchev–Trinajstić information content (AvgIpc) is 3.23. The van der Waals surface area contributed by atoms with E-state index >= 15 is 0 Å². The molecular weight excluding hydrogens is 268 g/mol. The molecule has 3 fully saturated rings. The number of rotatable bonds is 6. The van der Waals surface area contributed by atoms with Crippen molar-refractivity contribution in [2.45, 2.75) is 44.4 Å². The van der Waals surface area contributed by atoms with E-state index in [1.54, 1.807) is 11.3 Å². The monoisotopic (exact) mass is 290 g/mol. The summed E-state index contributed by atoms with van der Waals surface area (Å²) in [5.74, 6) is 2.05. The van der Waals surface area contributed by atoms with Crippen LogP contribution in [0.4, 0.5) is 10.7 Å². The number of nitrogens with two attached hydrogens (primary N) is 1. The molecule has 1 aromatic rings. The number of carbonyl (C=O) groups excluding carboxylic acids is 1. The molecule has 0 aromatic carbocycles. The zero-order chi connectivity index (χ0) is 13.9. The van der Waals surface area contributed by atoms with Gasteiger partial charge in [0.05, 0.1) is 15.6 Å². The maximum Gasteiger partial charge on any atom is 0.178 e. The van der Waals surface area contributed by atoms with Gasteiger partial charge in [-0.15, -0.1) is 11.3 Å². The Hall–Kier alpha value is -1.03. The Morgan fingerprint density at radius 1 is 1.25 bits per heavy atom. The Balaban J connectivity index is 1.68. The van der Waals surface area contributed by atoms with Crippen LogP contribution in [-0.4, -0.2) is 19.4 Å². The first-order chi connectivity index (χ1) is 9.65. The van der Waals surface area contributed by atoms with Crippen molar-refractivity contribution in [2.24, 2.45) is 11.8 Å². The van der Waals surface area contributed by atoms with Crippen LogP contribution in [0, 0.1) is 11.8 Å². The average molecular weight is 290 g/mol. The van der Waals surface area contributed by atoms with E-state index in [2.05, 4.69) is 11.9 Å². The fourth-order valence-electron chi connectivity index (χ4n) is 2.98. The van der Waals surface area contributed by atoms with E-state index in [4.69, 9.17) is 5.73 Å². The molecule has 0 amide bonds. The lowest BCUT2D eigenvalue weighted by atomic mass is 10.1. The fraction of sp³-hybridized carbons (Fsp3) is 0.688. The molecule has 3 aliphatic rings. The lowest BCUT2D eigenvalue weighted by Gasteiger charge is -2.19. The quantitative estimate of drug-likeness (QED) is 0.814. The zero-order valence-corrected chi connectivity index (χ0v) is 12.8. The molecule has 4 rings (SSSR count). The minimum absolute atomic E-state index is 0.268. The van der Waals surface area contributed by atoms with Crippen LogP contribution in [0.15, 0.2) is 0 Å². The predicted octanol–water partition coefficient (Wildman–Crippen LogP) is 3.65. The van der Waals surface area contributed by atoms with Crippen molar-refractivity contribution < 1.29 is 4.79 Å². The van der Waals surface area contributed by atoms with Gasteiger partial charge in [-0.3, -0.25) is 4.79 Å². The Labute approximate surface area is 124 Å². The standard InChI is InChI=1S/C16H22N2OS/c1-18(8-9-2-3-9)16-12(10-4-5-10)13(17)15(20-16)14(19)11-6-7-11/h9-11H,2-8,17H2,1H3. The van der Waals surface area contributed by atoms with Crippen LogP contribution in [0.3, 0.4) is 0 Å². The predicted molar refractivity (Wildman–Crippen MR) is 83.8 cm³/mol. The van der Waals surface area contributed by atoms with Crippen LogP contribution in [0.25, 0.3) is 0 Å². The van der Waals surface area contributed by atoms with Crippen molar-refractivity contribution in [1.29, 1.82) is 0 Å². The first kappa shape index (κ1) is 12.7. The molecule has 0 atom stereocenters. The molecule has 1 aromatic heterocycles. The van der Waals surface area contributed by atoms with Gasteiger partial charge in [0.25, 0.3) is 0 Å². The van der Waals surface area contributed by atoms with Gasteiger partial charge in [-0.05, 0) is 50.4 Å². The number of nitrogen functional groups attached to an aromatic ring is 1. The van der Waals surface area contributed by atoms with Gasteiger partial charge in [0.15, 0.2) is 5.78 Å². The number of Topliss-reactive ketones (excluding diaryl/α,β-unsaturated/α-hetero) is 1. The summed E-state index contributed by atoms with van der Waals surface area (Å²) in [7, 11) is 2.17. The minimum atomic E-state index is 0.268. The van der Waals surface area contributed by atoms with Crippen LogP contribution in [0.5, 0.6) is 0 Å². The number of thiophene rings is 1. The van der Waals surface area contributed by atoms with E-state index in [0.29, 0.717) is 11.7 Å². The summed E-state index contributed by atoms with van der Waals surface area (Å²) in [4.78, 5) is 15.6. The van der Waals surface area contributed by atoms with Crippen LogP contribution >= 0.6 is 11.3 Å². The normalized spacial score (nSPS) is 22.1. The molecule has 4 heteroatoms. The largest absolute Gasteiger partial charge is 0.397 e. The number of hydrogen-bond donors (Lipinski definition) is 1. The van der Waals surface area contributed by atoms with Gasteiger partial charge in [0.1, 0.15) is 0 Å². The van der Waals surface area contributed by atoms with E-state index in [1.165, 1.54) is 36.2 Å². The molecule has 0 radical (unpaired) electrons. The molecule has 0 aliphatic heterocycles. The van der Waals surface area contributed by atoms with Gasteiger partial charge in [0.2, 0.25) is 0 Å². The van der Waals surface area contributed by atoms with E-state index in [9.17, 15) is 4.79 Å². The van der Waals surface area contributed by atoms with Crippen LogP contribution in [0.1, 0.15) is 59.7 Å². The van der Waals surface area contributed by atoms with Gasteiger partial charge in [0, 0.05) is 25.1 Å². The van der Waals surface area contributed by atoms with Crippen molar-refractivity contribution in [2.75, 3.05) is 24.2 Å². The van der Waals surface area contributed by atoms with E-state index < -0.39 is 0 Å². The number of hydrogen-bond acceptors (Lipinski definition) is 4. The minimum Gasteiger partial charge on any atom is -0.397 e. The van der Waals surface area contributed by atoms with E-state index in [0.717, 1.165) is 35.9 Å². The molecule has 2 N–H and O–H groups in total. The fourth-order valence-corrected chi connectivity index (χ4v) is 4.28. The molecule has 1 heterocycles. The molecule has 108 valence electrons. The Bertz CT molecular complexity index is 553. The highest BCUT2D eigenvalue weighted by molar-refractivity contribution is 7.19. The highest BCUT2D eigenvalue weighted by Crippen LogP contribution is 2.53. The summed E-state index contributed by atoms with van der Waals surface area (Å²) >= 11 is 1.66. The first-order valence-electron chi connectivity index (χ1n) is 7.82. The van der Waals surface area contributed by atoms with Crippen molar-refractivity contribution in [3.05, 3.63) is 10.4 Å². The maximum absolute atomic E-state index is 12.4. The topological polar surface area (TPSA) is 46.3 Å². The van der Waals surface area contributed by atoms with Crippen LogP contribution < -0.4 is 10.6 Å². The molecule has 0 saturated heterocycles. The van der Waals surface area contributed by atoms with Crippen LogP contribution in [-0.2, 0) is 0 Å². The third-order valence-electron chi connectivity index (χ3n) is 4.70. The highest BCUT2D eigenvalue weighted by atomic mass is 32.1. The lowest BCUT2D eigenvalue weighted by molar-refractivity contribution is 0.0972. The molecule has 3 aliphatic carbocycles. The molecule has 3 nitrogen and oxygen atoms in total. The lowest BCUT2D eigenvalue weighted by Crippen LogP contribution is -2.19. The second kappa shape index (κ2) is 4.48. The van der Waals surface area contributed by atoms with Crippen molar-refractivity contribution >= 4 is 27.8 Å². The smallest absolute Gasteiger partial charge is 0.178 e. The highest BCUT2D eigenvalue weighted by Gasteiger charge is 2.38.